The van der Waals surface area contributed by atoms with Crippen LogP contribution in [-0.4, -0.2) is 194 Å². The molecule has 3 saturated carbocycles. The Labute approximate surface area is 657 Å². The number of aliphatic hydroxyl groups excluding tert-OH is 2. The summed E-state index contributed by atoms with van der Waals surface area (Å²) in [5, 5.41) is 51.4. The molecule has 2 aromatic heterocycles. The van der Waals surface area contributed by atoms with Crippen molar-refractivity contribution < 1.29 is 84.8 Å². The smallest absolute Gasteiger partial charge is 0.427 e. The molecule has 1 saturated heterocycles. The number of ketones is 4. The number of unbranched alkanes of at least 4 members (excludes halogenated alkanes) is 2. The zero-order valence-electron chi connectivity index (χ0n) is 64.3. The van der Waals surface area contributed by atoms with E-state index in [0.717, 1.165) is 24.0 Å². The third-order valence-corrected chi connectivity index (χ3v) is 25.6. The number of carbonyl (C=O) groups is 8. The molecule has 3 heterocycles. The second-order valence-corrected chi connectivity index (χ2v) is 35.7. The molecule has 110 heavy (non-hydrogen) atoms. The quantitative estimate of drug-likeness (QED) is 0.0197. The summed E-state index contributed by atoms with van der Waals surface area (Å²) in [5.74, 6) is -10.2. The Morgan fingerprint density at radius 2 is 0.955 bits per heavy atom. The summed E-state index contributed by atoms with van der Waals surface area (Å²) < 4.78 is 66.5. The van der Waals surface area contributed by atoms with Crippen LogP contribution < -0.4 is 44.2 Å². The van der Waals surface area contributed by atoms with Crippen LogP contribution in [-0.2, 0) is 67.3 Å². The number of carbonyl (C=O) groups excluding carboxylic acids is 8. The van der Waals surface area contributed by atoms with E-state index in [-0.39, 0.29) is 84.5 Å². The first kappa shape index (κ1) is 92.4. The second-order valence-electron chi connectivity index (χ2n) is 30.7. The summed E-state index contributed by atoms with van der Waals surface area (Å²) in [5.41, 5.74) is 25.0. The summed E-state index contributed by atoms with van der Waals surface area (Å²) >= 11 is 11.9. The van der Waals surface area contributed by atoms with Crippen LogP contribution in [0, 0.1) is 40.9 Å². The molecule has 28 nitrogen and oxygen atoms in total. The number of hydrogen-bond acceptors (Lipinski definition) is 24. The summed E-state index contributed by atoms with van der Waals surface area (Å²) in [6, 6.07) is 14.9. The standard InChI is InChI=1S/C43H63BClN5O9S.C33H49BClN5O9S/c1-25(40(54)49-34(9-7-8-17-46)35(52)20-26(2)44-58-38-22-30-21-37(42(30,4)5)43(38,6)59-44)19-36(53)39(27(3)51)50-41(55)29(16-18-47)24-60(56,57)32-14-15-33(48-23-32)28-10-12-31(45)13-11-28;1-20(32(44)39-28(6-4-5-14-36)29(42)17-21(2)34(46)47)16-30(43)31(22(3)41)40-33(45)24(13-15-37)19-50(48,49)26-11-12-27(38-18-26)23-7-9-25(35)10-8-23/h10-15,23,25-27,29-30,34,37-39,51H,7-9,16-22,24,46-47H2,1-6H3,(H,49,54)(H,50,55);7-12,18,20-22,24,28,31,41,46-47H,4-6,13-17,19,36-37H2,1-3H3,(H,39,44)(H,40,45)/t25-,26-,27-,29-,30+,34+,37+,38-,39+,43+;20-,21-,22-,24-,28+,31+/m11/s1. The van der Waals surface area contributed by atoms with Gasteiger partial charge < -0.3 is 73.8 Å². The van der Waals surface area contributed by atoms with Crippen molar-refractivity contribution in [2.24, 2.45) is 63.9 Å². The number of halogens is 2. The van der Waals surface area contributed by atoms with Gasteiger partial charge in [-0.15, -0.1) is 0 Å². The van der Waals surface area contributed by atoms with Gasteiger partial charge in [0.05, 0.1) is 80.5 Å². The Hall–Kier alpha value is -6.49. The van der Waals surface area contributed by atoms with Crippen LogP contribution in [0.15, 0.2) is 95.0 Å². The highest BCUT2D eigenvalue weighted by Gasteiger charge is 2.68. The number of aromatic nitrogens is 2. The van der Waals surface area contributed by atoms with Gasteiger partial charge in [0.15, 0.2) is 42.8 Å². The van der Waals surface area contributed by atoms with Gasteiger partial charge in [-0.1, -0.05) is 89.0 Å². The number of nitrogens with one attached hydrogen (secondary N) is 4. The maximum atomic E-state index is 13.8. The molecule has 0 unspecified atom stereocenters. The van der Waals surface area contributed by atoms with Gasteiger partial charge in [-0.2, -0.15) is 0 Å². The number of sulfone groups is 2. The Morgan fingerprint density at radius 3 is 1.31 bits per heavy atom. The number of nitrogens with zero attached hydrogens (tertiary/aromatic N) is 2. The first-order chi connectivity index (χ1) is 51.7. The largest absolute Gasteiger partial charge is 0.461 e. The predicted molar refractivity (Wildman–Crippen MR) is 421 cm³/mol. The van der Waals surface area contributed by atoms with Gasteiger partial charge in [0.1, 0.15) is 12.1 Å². The minimum Gasteiger partial charge on any atom is -0.427 e. The molecule has 606 valence electrons. The average Bonchev–Trinajstić information content (AvgIpc) is 1.44. The summed E-state index contributed by atoms with van der Waals surface area (Å²) in [6.07, 6.45) is 3.77. The molecule has 4 aromatic rings. The highest BCUT2D eigenvalue weighted by molar-refractivity contribution is 7.91. The highest BCUT2D eigenvalue weighted by atomic mass is 35.5. The van der Waals surface area contributed by atoms with Gasteiger partial charge >= 0.3 is 14.2 Å². The zero-order chi connectivity index (χ0) is 81.8. The number of aliphatic hydroxyl groups is 2. The average molecular weight is 1610 g/mol. The van der Waals surface area contributed by atoms with Crippen molar-refractivity contribution in [2.45, 2.75) is 222 Å². The molecule has 4 amide bonds. The van der Waals surface area contributed by atoms with Crippen LogP contribution in [0.2, 0.25) is 21.7 Å². The van der Waals surface area contributed by atoms with E-state index in [0.29, 0.717) is 78.5 Å². The van der Waals surface area contributed by atoms with Crippen LogP contribution >= 0.6 is 23.2 Å². The van der Waals surface area contributed by atoms with Crippen LogP contribution in [0.5, 0.6) is 0 Å². The minimum absolute atomic E-state index is 0.0167. The summed E-state index contributed by atoms with van der Waals surface area (Å²) in [7, 11) is -10.3. The van der Waals surface area contributed by atoms with Crippen LogP contribution in [0.1, 0.15) is 152 Å². The Bertz CT molecular complexity index is 3990. The zero-order valence-corrected chi connectivity index (χ0v) is 67.5. The molecule has 16 N–H and O–H groups in total. The molecule has 4 aliphatic rings. The molecule has 2 aromatic carbocycles. The lowest BCUT2D eigenvalue weighted by Crippen LogP contribution is -2.65. The number of amides is 4. The number of rotatable bonds is 44. The topological polar surface area (TPSA) is 482 Å². The van der Waals surface area contributed by atoms with Crippen LogP contribution in [0.3, 0.4) is 0 Å². The molecule has 4 fully saturated rings. The van der Waals surface area contributed by atoms with Gasteiger partial charge in [0.25, 0.3) is 0 Å². The lowest BCUT2D eigenvalue weighted by Gasteiger charge is -2.64. The second kappa shape index (κ2) is 42.0. The molecular weight excluding hydrogens is 1500 g/mol. The van der Waals surface area contributed by atoms with E-state index in [1.165, 1.54) is 65.2 Å². The fraction of sp³-hybridized carbons (Fsp3) is 0.605. The van der Waals surface area contributed by atoms with Gasteiger partial charge in [-0.25, -0.2) is 16.8 Å². The lowest BCUT2D eigenvalue weighted by atomic mass is 9.43. The minimum atomic E-state index is -4.04. The van der Waals surface area contributed by atoms with E-state index in [1.54, 1.807) is 54.6 Å². The van der Waals surface area contributed by atoms with Crippen molar-refractivity contribution in [3.05, 3.63) is 95.2 Å². The number of benzene rings is 2. The van der Waals surface area contributed by atoms with E-state index in [1.807, 2.05) is 6.92 Å². The van der Waals surface area contributed by atoms with Crippen LogP contribution in [0.25, 0.3) is 22.5 Å². The fourth-order valence-electron chi connectivity index (χ4n) is 14.4. The maximum absolute atomic E-state index is 13.8. The van der Waals surface area contributed by atoms with E-state index >= 15 is 0 Å². The van der Waals surface area contributed by atoms with E-state index in [2.05, 4.69) is 52.0 Å². The van der Waals surface area contributed by atoms with Crippen molar-refractivity contribution in [3.63, 3.8) is 0 Å². The Kier molecular flexibility index (Phi) is 35.3. The van der Waals surface area contributed by atoms with Crippen molar-refractivity contribution >= 4 is 104 Å². The molecule has 34 heteroatoms. The lowest BCUT2D eigenvalue weighted by molar-refractivity contribution is -0.199. The first-order valence-corrected chi connectivity index (χ1v) is 41.9. The normalized spacial score (nSPS) is 20.5. The van der Waals surface area contributed by atoms with Gasteiger partial charge in [-0.05, 0) is 189 Å². The highest BCUT2D eigenvalue weighted by Crippen LogP contribution is 2.66. The van der Waals surface area contributed by atoms with Gasteiger partial charge in [0, 0.05) is 71.1 Å². The molecule has 3 aliphatic carbocycles. The maximum Gasteiger partial charge on any atom is 0.461 e. The number of hydrogen-bond donors (Lipinski definition) is 12. The fourth-order valence-corrected chi connectivity index (χ4v) is 17.8. The van der Waals surface area contributed by atoms with E-state index in [4.69, 9.17) is 55.4 Å². The predicted octanol–water partition coefficient (Wildman–Crippen LogP) is 5.33. The third kappa shape index (κ3) is 25.5. The van der Waals surface area contributed by atoms with Gasteiger partial charge in [0.2, 0.25) is 23.6 Å². The monoisotopic (exact) mass is 1610 g/mol. The van der Waals surface area contributed by atoms with Crippen LogP contribution in [0.4, 0.5) is 0 Å². The summed E-state index contributed by atoms with van der Waals surface area (Å²) in [4.78, 5) is 115. The van der Waals surface area contributed by atoms with Crippen molar-refractivity contribution in [3.8, 4) is 22.5 Å². The van der Waals surface area contributed by atoms with Crippen molar-refractivity contribution in [1.29, 1.82) is 0 Å². The molecule has 1 aliphatic heterocycles. The van der Waals surface area contributed by atoms with Gasteiger partial charge in [-0.3, -0.25) is 48.3 Å². The third-order valence-electron chi connectivity index (χ3n) is 21.5. The number of pyridine rings is 2. The van der Waals surface area contributed by atoms with Crippen molar-refractivity contribution in [2.75, 3.05) is 37.7 Å². The van der Waals surface area contributed by atoms with Crippen molar-refractivity contribution in [1.82, 2.24) is 31.2 Å². The van der Waals surface area contributed by atoms with E-state index in [9.17, 15) is 75.5 Å². The molecule has 8 rings (SSSR count). The number of Topliss-reactive ketones (excluding diaryl/α,β-unsaturated/α-hetero) is 4. The number of nitrogens with two attached hydrogens (primary N) is 4. The molecule has 2 bridgehead atoms. The summed E-state index contributed by atoms with van der Waals surface area (Å²) in [6.45, 7) is 16.5. The first-order valence-electron chi connectivity index (χ1n) is 37.8. The molecule has 16 atom stereocenters. The molecule has 0 radical (unpaired) electrons. The Morgan fingerprint density at radius 1 is 0.545 bits per heavy atom. The Balaban J connectivity index is 0.000000350. The molecule has 0 spiro atoms. The SMILES string of the molecule is C[C@H](CC(=O)[C@H](CCCCN)NC(=O)[C@H](C)CC(=O)[C@@H](NC(=O)[C@H](CCN)CS(=O)(=O)c1ccc(-c2ccc(Cl)cc2)nc1)[C@@H](C)O)B(O)O.C[C@H](CC(=O)[C@H](CCCCN)NC(=O)[C@H](C)CC(=O)[C@@H](NC(=O)[C@H](CCN)CS(=O)(=O)c1ccc(-c2ccc(Cl)cc2)nc1)[C@@H](C)O)B1O[C@@H]2C[C@@H]3C[C@@H](C3(C)C)[C@]2(C)O1. The van der Waals surface area contributed by atoms with E-state index < -0.39 is 164 Å². The molecular formula is C76H112B2Cl2N10O18S2.